The molecule has 0 aliphatic heterocycles. The summed E-state index contributed by atoms with van der Waals surface area (Å²) in [5.74, 6) is 0.758. The summed E-state index contributed by atoms with van der Waals surface area (Å²) in [7, 11) is 0. The fourth-order valence-electron chi connectivity index (χ4n) is 1.65. The minimum absolute atomic E-state index is 0.0830. The van der Waals surface area contributed by atoms with Crippen molar-refractivity contribution in [1.82, 2.24) is 0 Å². The first-order valence-corrected chi connectivity index (χ1v) is 6.52. The van der Waals surface area contributed by atoms with Gasteiger partial charge in [0.25, 0.3) is 5.69 Å². The Morgan fingerprint density at radius 3 is 2.21 bits per heavy atom. The Kier molecular flexibility index (Phi) is 4.16. The van der Waals surface area contributed by atoms with Crippen molar-refractivity contribution in [2.45, 2.75) is 13.0 Å². The van der Waals surface area contributed by atoms with E-state index in [1.165, 1.54) is 12.1 Å². The van der Waals surface area contributed by atoms with Crippen molar-refractivity contribution in [2.75, 3.05) is 0 Å². The number of nitro groups is 1. The Labute approximate surface area is 119 Å². The molecule has 0 spiro atoms. The van der Waals surface area contributed by atoms with Crippen molar-refractivity contribution >= 4 is 21.6 Å². The standard InChI is InChI=1S/C14H12BrNO3/c1-10(19-14-8-4-12(15)5-9-14)11-2-6-13(7-3-11)16(17)18/h2-10H,1H3. The molecule has 1 unspecified atom stereocenters. The maximum atomic E-state index is 10.6. The number of benzene rings is 2. The largest absolute Gasteiger partial charge is 0.486 e. The molecule has 0 aromatic heterocycles. The molecule has 0 aliphatic carbocycles. The van der Waals surface area contributed by atoms with Gasteiger partial charge in [-0.25, -0.2) is 0 Å². The molecule has 0 N–H and O–H groups in total. The number of nitrogens with zero attached hydrogens (tertiary/aromatic N) is 1. The predicted molar refractivity (Wildman–Crippen MR) is 76.3 cm³/mol. The highest BCUT2D eigenvalue weighted by molar-refractivity contribution is 9.10. The summed E-state index contributed by atoms with van der Waals surface area (Å²) in [4.78, 5) is 10.2. The lowest BCUT2D eigenvalue weighted by molar-refractivity contribution is -0.384. The topological polar surface area (TPSA) is 52.4 Å². The fourth-order valence-corrected chi connectivity index (χ4v) is 1.92. The minimum Gasteiger partial charge on any atom is -0.486 e. The van der Waals surface area contributed by atoms with E-state index in [-0.39, 0.29) is 11.8 Å². The maximum absolute atomic E-state index is 10.6. The number of nitro benzene ring substituents is 1. The van der Waals surface area contributed by atoms with Gasteiger partial charge in [0.2, 0.25) is 0 Å². The van der Waals surface area contributed by atoms with E-state index in [0.717, 1.165) is 15.8 Å². The van der Waals surface area contributed by atoms with Crippen LogP contribution in [0.15, 0.2) is 53.0 Å². The highest BCUT2D eigenvalue weighted by Gasteiger charge is 2.10. The van der Waals surface area contributed by atoms with Crippen molar-refractivity contribution in [3.8, 4) is 5.75 Å². The van der Waals surface area contributed by atoms with Crippen molar-refractivity contribution in [3.63, 3.8) is 0 Å². The van der Waals surface area contributed by atoms with Gasteiger partial charge in [-0.2, -0.15) is 0 Å². The molecule has 0 fully saturated rings. The second kappa shape index (κ2) is 5.84. The SMILES string of the molecule is CC(Oc1ccc(Br)cc1)c1ccc([N+](=O)[O-])cc1. The van der Waals surface area contributed by atoms with Crippen molar-refractivity contribution in [2.24, 2.45) is 0 Å². The highest BCUT2D eigenvalue weighted by atomic mass is 79.9. The fraction of sp³-hybridized carbons (Fsp3) is 0.143. The lowest BCUT2D eigenvalue weighted by Gasteiger charge is -2.14. The smallest absolute Gasteiger partial charge is 0.269 e. The second-order valence-corrected chi connectivity index (χ2v) is 4.98. The van der Waals surface area contributed by atoms with Gasteiger partial charge in [-0.15, -0.1) is 0 Å². The summed E-state index contributed by atoms with van der Waals surface area (Å²) < 4.78 is 6.75. The van der Waals surface area contributed by atoms with E-state index in [2.05, 4.69) is 15.9 Å². The molecule has 0 amide bonds. The van der Waals surface area contributed by atoms with Crippen LogP contribution in [0.3, 0.4) is 0 Å². The van der Waals surface area contributed by atoms with Gasteiger partial charge in [-0.1, -0.05) is 15.9 Å². The van der Waals surface area contributed by atoms with E-state index in [1.54, 1.807) is 12.1 Å². The van der Waals surface area contributed by atoms with Gasteiger partial charge < -0.3 is 4.74 Å². The van der Waals surface area contributed by atoms with Crippen molar-refractivity contribution in [3.05, 3.63) is 68.7 Å². The van der Waals surface area contributed by atoms with Crippen LogP contribution in [0.25, 0.3) is 0 Å². The van der Waals surface area contributed by atoms with Crippen LogP contribution in [-0.4, -0.2) is 4.92 Å². The van der Waals surface area contributed by atoms with Crippen LogP contribution in [0.1, 0.15) is 18.6 Å². The zero-order valence-electron chi connectivity index (χ0n) is 10.2. The molecule has 0 saturated carbocycles. The summed E-state index contributed by atoms with van der Waals surface area (Å²) in [5.41, 5.74) is 0.980. The predicted octanol–water partition coefficient (Wildman–Crippen LogP) is 4.50. The first kappa shape index (κ1) is 13.5. The van der Waals surface area contributed by atoms with Gasteiger partial charge in [-0.3, -0.25) is 10.1 Å². The van der Waals surface area contributed by atoms with Crippen molar-refractivity contribution in [1.29, 1.82) is 0 Å². The molecule has 5 heteroatoms. The van der Waals surface area contributed by atoms with Gasteiger partial charge >= 0.3 is 0 Å². The molecule has 0 radical (unpaired) electrons. The van der Waals surface area contributed by atoms with E-state index in [1.807, 2.05) is 31.2 Å². The van der Waals surface area contributed by atoms with Crippen LogP contribution >= 0.6 is 15.9 Å². The lowest BCUT2D eigenvalue weighted by atomic mass is 10.1. The Hall–Kier alpha value is -1.88. The summed E-state index contributed by atoms with van der Waals surface area (Å²) in [6, 6.07) is 13.9. The molecular formula is C14H12BrNO3. The van der Waals surface area contributed by atoms with E-state index in [9.17, 15) is 10.1 Å². The summed E-state index contributed by atoms with van der Waals surface area (Å²) >= 11 is 3.36. The third-order valence-corrected chi connectivity index (χ3v) is 3.23. The number of halogens is 1. The normalized spacial score (nSPS) is 11.9. The van der Waals surface area contributed by atoms with Gasteiger partial charge in [0.05, 0.1) is 4.92 Å². The molecule has 4 nitrogen and oxygen atoms in total. The molecule has 2 aromatic rings. The van der Waals surface area contributed by atoms with Gasteiger partial charge in [-0.05, 0) is 48.9 Å². The first-order valence-electron chi connectivity index (χ1n) is 5.73. The third kappa shape index (κ3) is 3.54. The average molecular weight is 322 g/mol. The number of non-ortho nitro benzene ring substituents is 1. The average Bonchev–Trinajstić information content (AvgIpc) is 2.41. The number of hydrogen-bond donors (Lipinski definition) is 0. The van der Waals surface area contributed by atoms with E-state index in [4.69, 9.17) is 4.74 Å². The van der Waals surface area contributed by atoms with E-state index in [0.29, 0.717) is 0 Å². The van der Waals surface area contributed by atoms with Crippen LogP contribution in [0.5, 0.6) is 5.75 Å². The Bertz CT molecular complexity index is 566. The Balaban J connectivity index is 2.09. The maximum Gasteiger partial charge on any atom is 0.269 e. The van der Waals surface area contributed by atoms with Gasteiger partial charge in [0, 0.05) is 16.6 Å². The van der Waals surface area contributed by atoms with E-state index < -0.39 is 4.92 Å². The molecule has 1 atom stereocenters. The molecule has 2 rings (SSSR count). The highest BCUT2D eigenvalue weighted by Crippen LogP contribution is 2.24. The molecule has 0 bridgehead atoms. The van der Waals surface area contributed by atoms with Crippen molar-refractivity contribution < 1.29 is 9.66 Å². The molecule has 0 heterocycles. The molecule has 19 heavy (non-hydrogen) atoms. The third-order valence-electron chi connectivity index (χ3n) is 2.70. The monoisotopic (exact) mass is 321 g/mol. The van der Waals surface area contributed by atoms with Crippen LogP contribution in [0.2, 0.25) is 0 Å². The van der Waals surface area contributed by atoms with Crippen LogP contribution in [0, 0.1) is 10.1 Å². The summed E-state index contributed by atoms with van der Waals surface area (Å²) in [5, 5.41) is 10.6. The first-order chi connectivity index (χ1) is 9.06. The number of hydrogen-bond acceptors (Lipinski definition) is 3. The molecule has 0 saturated heterocycles. The number of ether oxygens (including phenoxy) is 1. The van der Waals surface area contributed by atoms with Crippen LogP contribution in [0.4, 0.5) is 5.69 Å². The zero-order chi connectivity index (χ0) is 13.8. The van der Waals surface area contributed by atoms with Crippen LogP contribution < -0.4 is 4.74 Å². The lowest BCUT2D eigenvalue weighted by Crippen LogP contribution is -2.03. The Morgan fingerprint density at radius 2 is 1.68 bits per heavy atom. The summed E-state index contributed by atoms with van der Waals surface area (Å²) in [6.07, 6.45) is -0.165. The molecule has 0 aliphatic rings. The molecule has 98 valence electrons. The quantitative estimate of drug-likeness (QED) is 0.615. The van der Waals surface area contributed by atoms with Crippen LogP contribution in [-0.2, 0) is 0 Å². The minimum atomic E-state index is -0.413. The zero-order valence-corrected chi connectivity index (χ0v) is 11.8. The summed E-state index contributed by atoms with van der Waals surface area (Å²) in [6.45, 7) is 1.91. The molecular weight excluding hydrogens is 310 g/mol. The van der Waals surface area contributed by atoms with Gasteiger partial charge in [0.1, 0.15) is 11.9 Å². The number of rotatable bonds is 4. The Morgan fingerprint density at radius 1 is 1.11 bits per heavy atom. The second-order valence-electron chi connectivity index (χ2n) is 4.06. The molecule has 2 aromatic carbocycles. The van der Waals surface area contributed by atoms with Gasteiger partial charge in [0.15, 0.2) is 0 Å². The van der Waals surface area contributed by atoms with E-state index >= 15 is 0 Å².